The molecule has 0 aromatic heterocycles. The summed E-state index contributed by atoms with van der Waals surface area (Å²) in [6.07, 6.45) is 0. The van der Waals surface area contributed by atoms with Gasteiger partial charge in [-0.1, -0.05) is 19.9 Å². The number of methoxy groups -OCH3 is 1. The minimum absolute atomic E-state index is 0.141. The van der Waals surface area contributed by atoms with E-state index in [-0.39, 0.29) is 5.91 Å². The van der Waals surface area contributed by atoms with Crippen molar-refractivity contribution in [2.45, 2.75) is 34.3 Å². The standard InChI is InChI=1S/C21H27NO3/c1-14(2)12-25-13-18-11-17(6-7-20(18)24-5)21(23)22-19-9-15(3)8-16(4)10-19/h6-11,14H,12-13H2,1-5H3,(H,22,23). The maximum atomic E-state index is 12.6. The molecule has 1 amide bonds. The molecule has 4 heteroatoms. The number of hydrogen-bond donors (Lipinski definition) is 1. The average Bonchev–Trinajstić information content (AvgIpc) is 2.53. The van der Waals surface area contributed by atoms with Gasteiger partial charge in [0.15, 0.2) is 0 Å². The van der Waals surface area contributed by atoms with Crippen LogP contribution in [0.2, 0.25) is 0 Å². The summed E-state index contributed by atoms with van der Waals surface area (Å²) in [6, 6.07) is 11.4. The summed E-state index contributed by atoms with van der Waals surface area (Å²) in [6.45, 7) is 9.32. The van der Waals surface area contributed by atoms with Crippen LogP contribution in [-0.4, -0.2) is 19.6 Å². The molecule has 0 saturated carbocycles. The Morgan fingerprint density at radius 3 is 2.36 bits per heavy atom. The first kappa shape index (κ1) is 19.0. The largest absolute Gasteiger partial charge is 0.496 e. The summed E-state index contributed by atoms with van der Waals surface area (Å²) in [5.41, 5.74) is 4.50. The zero-order valence-electron chi connectivity index (χ0n) is 15.7. The second-order valence-corrected chi connectivity index (χ2v) is 6.77. The maximum Gasteiger partial charge on any atom is 0.255 e. The molecular formula is C21H27NO3. The normalized spacial score (nSPS) is 10.8. The lowest BCUT2D eigenvalue weighted by Crippen LogP contribution is -2.13. The van der Waals surface area contributed by atoms with Gasteiger partial charge in [-0.05, 0) is 61.2 Å². The number of hydrogen-bond acceptors (Lipinski definition) is 3. The van der Waals surface area contributed by atoms with Crippen molar-refractivity contribution < 1.29 is 14.3 Å². The van der Waals surface area contributed by atoms with Gasteiger partial charge in [0.25, 0.3) is 5.91 Å². The molecule has 4 nitrogen and oxygen atoms in total. The third-order valence-electron chi connectivity index (χ3n) is 3.73. The highest BCUT2D eigenvalue weighted by Crippen LogP contribution is 2.22. The van der Waals surface area contributed by atoms with Gasteiger partial charge in [0.2, 0.25) is 0 Å². The maximum absolute atomic E-state index is 12.6. The summed E-state index contributed by atoms with van der Waals surface area (Å²) in [7, 11) is 1.62. The van der Waals surface area contributed by atoms with Crippen LogP contribution in [-0.2, 0) is 11.3 Å². The fourth-order valence-corrected chi connectivity index (χ4v) is 2.69. The second kappa shape index (κ2) is 8.67. The molecule has 0 fully saturated rings. The molecule has 2 rings (SSSR count). The molecule has 0 saturated heterocycles. The summed E-state index contributed by atoms with van der Waals surface area (Å²) in [5.74, 6) is 1.05. The van der Waals surface area contributed by atoms with Crippen LogP contribution in [0.1, 0.15) is 40.9 Å². The van der Waals surface area contributed by atoms with Crippen LogP contribution >= 0.6 is 0 Å². The molecular weight excluding hydrogens is 314 g/mol. The Hall–Kier alpha value is -2.33. The van der Waals surface area contributed by atoms with E-state index in [0.29, 0.717) is 24.7 Å². The van der Waals surface area contributed by atoms with Crippen LogP contribution in [0.3, 0.4) is 0 Å². The third-order valence-corrected chi connectivity index (χ3v) is 3.73. The van der Waals surface area contributed by atoms with Crippen LogP contribution < -0.4 is 10.1 Å². The Bertz CT molecular complexity index is 718. The lowest BCUT2D eigenvalue weighted by atomic mass is 10.1. The SMILES string of the molecule is COc1ccc(C(=O)Nc2cc(C)cc(C)c2)cc1COCC(C)C. The van der Waals surface area contributed by atoms with Gasteiger partial charge in [-0.25, -0.2) is 0 Å². The Balaban J connectivity index is 2.15. The molecule has 1 N–H and O–H groups in total. The Labute approximate surface area is 150 Å². The van der Waals surface area contributed by atoms with Crippen molar-refractivity contribution in [3.05, 3.63) is 58.7 Å². The van der Waals surface area contributed by atoms with Crippen LogP contribution in [0.4, 0.5) is 5.69 Å². The van der Waals surface area contributed by atoms with Crippen LogP contribution in [0.15, 0.2) is 36.4 Å². The van der Waals surface area contributed by atoms with Crippen molar-refractivity contribution in [3.8, 4) is 5.75 Å². The number of anilines is 1. The molecule has 134 valence electrons. The van der Waals surface area contributed by atoms with E-state index in [2.05, 4.69) is 25.2 Å². The molecule has 0 spiro atoms. The van der Waals surface area contributed by atoms with Crippen LogP contribution in [0.25, 0.3) is 0 Å². The first-order valence-electron chi connectivity index (χ1n) is 8.53. The molecule has 0 aliphatic rings. The molecule has 2 aromatic rings. The van der Waals surface area contributed by atoms with Gasteiger partial charge in [0, 0.05) is 23.4 Å². The molecule has 25 heavy (non-hydrogen) atoms. The summed E-state index contributed by atoms with van der Waals surface area (Å²) >= 11 is 0. The first-order valence-corrected chi connectivity index (χ1v) is 8.53. The van der Waals surface area contributed by atoms with Crippen molar-refractivity contribution in [3.63, 3.8) is 0 Å². The van der Waals surface area contributed by atoms with Gasteiger partial charge >= 0.3 is 0 Å². The van der Waals surface area contributed by atoms with Gasteiger partial charge in [-0.3, -0.25) is 4.79 Å². The summed E-state index contributed by atoms with van der Waals surface area (Å²) in [4.78, 5) is 12.6. The van der Waals surface area contributed by atoms with E-state index in [1.807, 2.05) is 38.1 Å². The number of benzene rings is 2. The van der Waals surface area contributed by atoms with Gasteiger partial charge < -0.3 is 14.8 Å². The van der Waals surface area contributed by atoms with Crippen molar-refractivity contribution in [2.24, 2.45) is 5.92 Å². The topological polar surface area (TPSA) is 47.6 Å². The summed E-state index contributed by atoms with van der Waals surface area (Å²) in [5, 5.41) is 2.96. The second-order valence-electron chi connectivity index (χ2n) is 6.77. The van der Waals surface area contributed by atoms with Gasteiger partial charge in [-0.2, -0.15) is 0 Å². The third kappa shape index (κ3) is 5.61. The van der Waals surface area contributed by atoms with E-state index in [1.54, 1.807) is 13.2 Å². The minimum Gasteiger partial charge on any atom is -0.496 e. The number of amides is 1. The highest BCUT2D eigenvalue weighted by atomic mass is 16.5. The van der Waals surface area contributed by atoms with Crippen molar-refractivity contribution in [1.82, 2.24) is 0 Å². The number of rotatable bonds is 7. The van der Waals surface area contributed by atoms with E-state index in [0.717, 1.165) is 28.1 Å². The van der Waals surface area contributed by atoms with E-state index < -0.39 is 0 Å². The minimum atomic E-state index is -0.141. The predicted octanol–water partition coefficient (Wildman–Crippen LogP) is 4.74. The zero-order valence-corrected chi connectivity index (χ0v) is 15.7. The Morgan fingerprint density at radius 1 is 1.08 bits per heavy atom. The van der Waals surface area contributed by atoms with Gasteiger partial charge in [-0.15, -0.1) is 0 Å². The molecule has 0 heterocycles. The van der Waals surface area contributed by atoms with Crippen molar-refractivity contribution in [1.29, 1.82) is 0 Å². The van der Waals surface area contributed by atoms with E-state index in [1.165, 1.54) is 0 Å². The number of nitrogens with one attached hydrogen (secondary N) is 1. The monoisotopic (exact) mass is 341 g/mol. The number of ether oxygens (including phenoxy) is 2. The molecule has 0 unspecified atom stereocenters. The summed E-state index contributed by atoms with van der Waals surface area (Å²) < 4.78 is 11.1. The molecule has 0 radical (unpaired) electrons. The number of carbonyl (C=O) groups excluding carboxylic acids is 1. The van der Waals surface area contributed by atoms with E-state index >= 15 is 0 Å². The lowest BCUT2D eigenvalue weighted by Gasteiger charge is -2.13. The predicted molar refractivity (Wildman–Crippen MR) is 101 cm³/mol. The first-order chi connectivity index (χ1) is 11.9. The number of aryl methyl sites for hydroxylation is 2. The van der Waals surface area contributed by atoms with E-state index in [9.17, 15) is 4.79 Å². The molecule has 0 aliphatic carbocycles. The Morgan fingerprint density at radius 2 is 1.76 bits per heavy atom. The molecule has 0 aliphatic heterocycles. The smallest absolute Gasteiger partial charge is 0.255 e. The number of carbonyl (C=O) groups is 1. The van der Waals surface area contributed by atoms with Crippen LogP contribution in [0, 0.1) is 19.8 Å². The molecule has 0 bridgehead atoms. The van der Waals surface area contributed by atoms with Gasteiger partial charge in [0.05, 0.1) is 13.7 Å². The fraction of sp³-hybridized carbons (Fsp3) is 0.381. The van der Waals surface area contributed by atoms with Gasteiger partial charge in [0.1, 0.15) is 5.75 Å². The fourth-order valence-electron chi connectivity index (χ4n) is 2.69. The van der Waals surface area contributed by atoms with Crippen LogP contribution in [0.5, 0.6) is 5.75 Å². The highest BCUT2D eigenvalue weighted by Gasteiger charge is 2.11. The van der Waals surface area contributed by atoms with E-state index in [4.69, 9.17) is 9.47 Å². The van der Waals surface area contributed by atoms with Crippen molar-refractivity contribution >= 4 is 11.6 Å². The average molecular weight is 341 g/mol. The van der Waals surface area contributed by atoms with Crippen molar-refractivity contribution in [2.75, 3.05) is 19.0 Å². The Kier molecular flexibility index (Phi) is 6.59. The molecule has 0 atom stereocenters. The quantitative estimate of drug-likeness (QED) is 0.791. The highest BCUT2D eigenvalue weighted by molar-refractivity contribution is 6.04. The lowest BCUT2D eigenvalue weighted by molar-refractivity contribution is 0.0952. The zero-order chi connectivity index (χ0) is 18.4. The molecule has 2 aromatic carbocycles.